The van der Waals surface area contributed by atoms with Gasteiger partial charge in [0, 0.05) is 29.6 Å². The van der Waals surface area contributed by atoms with Crippen LogP contribution < -0.4 is 5.73 Å². The van der Waals surface area contributed by atoms with Gasteiger partial charge in [-0.05, 0) is 17.5 Å². The van der Waals surface area contributed by atoms with Gasteiger partial charge in [-0.25, -0.2) is 0 Å². The van der Waals surface area contributed by atoms with Crippen LogP contribution in [0.1, 0.15) is 20.7 Å². The van der Waals surface area contributed by atoms with Crippen molar-refractivity contribution in [3.8, 4) is 0 Å². The molecule has 0 bridgehead atoms. The normalized spacial score (nSPS) is 14.4. The number of imide groups is 1. The lowest BCUT2D eigenvalue weighted by Gasteiger charge is -2.26. The van der Waals surface area contributed by atoms with E-state index in [0.29, 0.717) is 11.1 Å². The molecule has 4 heteroatoms. The minimum atomic E-state index is -0.255. The molecule has 2 aromatic carbocycles. The molecule has 0 unspecified atom stereocenters. The van der Waals surface area contributed by atoms with Gasteiger partial charge in [0.2, 0.25) is 0 Å². The standard InChI is InChI=1S/C14H12N2O2/c15-7-8-16-13(17)10-5-1-3-9-4-2-6-11(12(9)10)14(16)18/h1-6H,7-8,15H2. The highest BCUT2D eigenvalue weighted by Crippen LogP contribution is 2.29. The van der Waals surface area contributed by atoms with Crippen molar-refractivity contribution in [2.45, 2.75) is 0 Å². The van der Waals surface area contributed by atoms with Gasteiger partial charge in [-0.1, -0.05) is 24.3 Å². The number of benzene rings is 2. The average molecular weight is 240 g/mol. The topological polar surface area (TPSA) is 63.4 Å². The molecule has 3 rings (SSSR count). The second-order valence-electron chi connectivity index (χ2n) is 4.26. The van der Waals surface area contributed by atoms with Crippen molar-refractivity contribution in [2.24, 2.45) is 5.73 Å². The lowest BCUT2D eigenvalue weighted by atomic mass is 9.94. The van der Waals surface area contributed by atoms with E-state index in [1.54, 1.807) is 12.1 Å². The number of amides is 2. The zero-order valence-corrected chi connectivity index (χ0v) is 9.72. The largest absolute Gasteiger partial charge is 0.329 e. The molecule has 0 aromatic heterocycles. The van der Waals surface area contributed by atoms with Gasteiger partial charge in [-0.15, -0.1) is 0 Å². The van der Waals surface area contributed by atoms with Crippen molar-refractivity contribution < 1.29 is 9.59 Å². The predicted octanol–water partition coefficient (Wildman–Crippen LogP) is 1.39. The van der Waals surface area contributed by atoms with Crippen LogP contribution in [0.4, 0.5) is 0 Å². The van der Waals surface area contributed by atoms with Gasteiger partial charge < -0.3 is 5.73 Å². The van der Waals surface area contributed by atoms with Crippen molar-refractivity contribution in [3.05, 3.63) is 47.5 Å². The summed E-state index contributed by atoms with van der Waals surface area (Å²) in [5, 5.41) is 1.67. The molecule has 0 radical (unpaired) electrons. The first kappa shape index (κ1) is 10.9. The van der Waals surface area contributed by atoms with Gasteiger partial charge in [0.15, 0.2) is 0 Å². The number of carbonyl (C=O) groups excluding carboxylic acids is 2. The maximum absolute atomic E-state index is 12.3. The molecular formula is C14H12N2O2. The summed E-state index contributed by atoms with van der Waals surface area (Å²) >= 11 is 0. The van der Waals surface area contributed by atoms with Gasteiger partial charge >= 0.3 is 0 Å². The third kappa shape index (κ3) is 1.36. The lowest BCUT2D eigenvalue weighted by molar-refractivity contribution is 0.0615. The first-order chi connectivity index (χ1) is 8.74. The molecule has 2 N–H and O–H groups in total. The zero-order valence-electron chi connectivity index (χ0n) is 9.72. The summed E-state index contributed by atoms with van der Waals surface area (Å²) in [6.07, 6.45) is 0. The SMILES string of the molecule is NCCN1C(=O)c2cccc3cccc(c23)C1=O. The van der Waals surface area contributed by atoms with Gasteiger partial charge in [-0.3, -0.25) is 14.5 Å². The van der Waals surface area contributed by atoms with Gasteiger partial charge in [0.1, 0.15) is 0 Å². The maximum Gasteiger partial charge on any atom is 0.261 e. The molecule has 1 aliphatic rings. The summed E-state index contributed by atoms with van der Waals surface area (Å²) in [4.78, 5) is 25.7. The fraction of sp³-hybridized carbons (Fsp3) is 0.143. The molecule has 4 nitrogen and oxygen atoms in total. The van der Waals surface area contributed by atoms with Crippen LogP contribution in [0.5, 0.6) is 0 Å². The van der Waals surface area contributed by atoms with Gasteiger partial charge in [0.05, 0.1) is 0 Å². The minimum Gasteiger partial charge on any atom is -0.329 e. The Morgan fingerprint density at radius 2 is 1.50 bits per heavy atom. The van der Waals surface area contributed by atoms with Crippen LogP contribution >= 0.6 is 0 Å². The smallest absolute Gasteiger partial charge is 0.261 e. The fourth-order valence-corrected chi connectivity index (χ4v) is 2.41. The highest BCUT2D eigenvalue weighted by atomic mass is 16.2. The number of nitrogens with two attached hydrogens (primary N) is 1. The highest BCUT2D eigenvalue weighted by Gasteiger charge is 2.31. The third-order valence-corrected chi connectivity index (χ3v) is 3.21. The average Bonchev–Trinajstić information content (AvgIpc) is 2.40. The quantitative estimate of drug-likeness (QED) is 0.807. The van der Waals surface area contributed by atoms with Crippen molar-refractivity contribution >= 4 is 22.6 Å². The van der Waals surface area contributed by atoms with Crippen LogP contribution in [0.3, 0.4) is 0 Å². The Labute approximate surface area is 104 Å². The first-order valence-electron chi connectivity index (χ1n) is 5.82. The predicted molar refractivity (Wildman–Crippen MR) is 68.4 cm³/mol. The number of carbonyl (C=O) groups is 2. The van der Waals surface area contributed by atoms with Crippen LogP contribution in [-0.4, -0.2) is 29.8 Å². The van der Waals surface area contributed by atoms with Crippen LogP contribution in [0.15, 0.2) is 36.4 Å². The molecule has 90 valence electrons. The summed E-state index contributed by atoms with van der Waals surface area (Å²) < 4.78 is 0. The number of hydrogen-bond acceptors (Lipinski definition) is 3. The summed E-state index contributed by atoms with van der Waals surface area (Å²) in [5.41, 5.74) is 6.61. The zero-order chi connectivity index (χ0) is 12.7. The monoisotopic (exact) mass is 240 g/mol. The summed E-state index contributed by atoms with van der Waals surface area (Å²) in [6, 6.07) is 11.0. The van der Waals surface area contributed by atoms with Crippen LogP contribution in [0.2, 0.25) is 0 Å². The fourth-order valence-electron chi connectivity index (χ4n) is 2.41. The Hall–Kier alpha value is -2.20. The lowest BCUT2D eigenvalue weighted by Crippen LogP contribution is -2.42. The summed E-state index contributed by atoms with van der Waals surface area (Å²) in [5.74, 6) is -0.510. The van der Waals surface area contributed by atoms with E-state index >= 15 is 0 Å². The van der Waals surface area contributed by atoms with E-state index < -0.39 is 0 Å². The van der Waals surface area contributed by atoms with Crippen molar-refractivity contribution in [1.29, 1.82) is 0 Å². The number of rotatable bonds is 2. The van der Waals surface area contributed by atoms with Crippen molar-refractivity contribution in [1.82, 2.24) is 4.90 Å². The molecule has 0 fully saturated rings. The number of nitrogens with zero attached hydrogens (tertiary/aromatic N) is 1. The second kappa shape index (κ2) is 3.92. The molecule has 2 amide bonds. The molecular weight excluding hydrogens is 228 g/mol. The Bertz CT molecular complexity index is 613. The first-order valence-corrected chi connectivity index (χ1v) is 5.82. The van der Waals surface area contributed by atoms with Crippen LogP contribution in [0, 0.1) is 0 Å². The van der Waals surface area contributed by atoms with Gasteiger partial charge in [-0.2, -0.15) is 0 Å². The molecule has 0 atom stereocenters. The minimum absolute atomic E-state index is 0.252. The Kier molecular flexibility index (Phi) is 2.38. The molecule has 0 spiro atoms. The Balaban J connectivity index is 2.32. The molecule has 0 saturated carbocycles. The van der Waals surface area contributed by atoms with Crippen molar-refractivity contribution in [3.63, 3.8) is 0 Å². The van der Waals surface area contributed by atoms with E-state index in [0.717, 1.165) is 10.8 Å². The van der Waals surface area contributed by atoms with Gasteiger partial charge in [0.25, 0.3) is 11.8 Å². The Morgan fingerprint density at radius 1 is 0.944 bits per heavy atom. The second-order valence-corrected chi connectivity index (χ2v) is 4.26. The molecule has 0 saturated heterocycles. The van der Waals surface area contributed by atoms with Crippen molar-refractivity contribution in [2.75, 3.05) is 13.1 Å². The van der Waals surface area contributed by atoms with Crippen LogP contribution in [0.25, 0.3) is 10.8 Å². The van der Waals surface area contributed by atoms with E-state index in [-0.39, 0.29) is 24.9 Å². The van der Waals surface area contributed by atoms with Crippen LogP contribution in [-0.2, 0) is 0 Å². The Morgan fingerprint density at radius 3 is 2.00 bits per heavy atom. The summed E-state index contributed by atoms with van der Waals surface area (Å²) in [7, 11) is 0. The van der Waals surface area contributed by atoms with E-state index in [4.69, 9.17) is 5.73 Å². The molecule has 1 heterocycles. The third-order valence-electron chi connectivity index (χ3n) is 3.21. The maximum atomic E-state index is 12.3. The van der Waals surface area contributed by atoms with E-state index in [1.807, 2.05) is 24.3 Å². The molecule has 0 aliphatic carbocycles. The van der Waals surface area contributed by atoms with E-state index in [2.05, 4.69) is 0 Å². The van der Waals surface area contributed by atoms with E-state index in [1.165, 1.54) is 4.90 Å². The molecule has 1 aliphatic heterocycles. The number of hydrogen-bond donors (Lipinski definition) is 1. The summed E-state index contributed by atoms with van der Waals surface area (Å²) in [6.45, 7) is 0.526. The van der Waals surface area contributed by atoms with E-state index in [9.17, 15) is 9.59 Å². The molecule has 18 heavy (non-hydrogen) atoms. The molecule has 2 aromatic rings. The highest BCUT2D eigenvalue weighted by molar-refractivity contribution is 6.25.